The Balaban J connectivity index is 2.09. The lowest BCUT2D eigenvalue weighted by Gasteiger charge is -2.27. The minimum atomic E-state index is -0.504. The van der Waals surface area contributed by atoms with Crippen molar-refractivity contribution in [2.45, 2.75) is 19.3 Å². The third-order valence-corrected chi connectivity index (χ3v) is 3.36. The molecule has 1 heterocycles. The maximum Gasteiger partial charge on any atom is 0.271 e. The van der Waals surface area contributed by atoms with E-state index in [1.807, 2.05) is 11.0 Å². The molecule has 1 saturated heterocycles. The Hall–Kier alpha value is -2.95. The highest BCUT2D eigenvalue weighted by Crippen LogP contribution is 2.17. The third kappa shape index (κ3) is 3.79. The van der Waals surface area contributed by atoms with Crippen LogP contribution in [-0.4, -0.2) is 34.5 Å². The molecule has 0 atom stereocenters. The number of non-ortho nitro benzene ring substituents is 1. The molecule has 0 spiro atoms. The summed E-state index contributed by atoms with van der Waals surface area (Å²) in [6.45, 7) is 1.49. The van der Waals surface area contributed by atoms with Gasteiger partial charge in [-0.1, -0.05) is 6.07 Å². The van der Waals surface area contributed by atoms with Crippen LogP contribution in [0.1, 0.15) is 19.3 Å². The summed E-state index contributed by atoms with van der Waals surface area (Å²) in [5.74, 6) is 0.0835. The van der Waals surface area contributed by atoms with E-state index in [0.29, 0.717) is 5.69 Å². The number of piperidine rings is 1. The normalized spacial score (nSPS) is 15.0. The predicted octanol–water partition coefficient (Wildman–Crippen LogP) is 2.35. The summed E-state index contributed by atoms with van der Waals surface area (Å²) in [5.41, 5.74) is 2.90. The molecule has 2 N–H and O–H groups in total. The standard InChI is InChI=1S/C14H16N6O2/c15-10-13(14(16)19-7-2-1-3-8-19)18-17-11-5-4-6-12(9-11)20(21)22/h4-6,9,16-17H,1-3,7-8H2/b16-14?,18-13-. The highest BCUT2D eigenvalue weighted by Gasteiger charge is 2.18. The van der Waals surface area contributed by atoms with Crippen LogP contribution >= 0.6 is 0 Å². The van der Waals surface area contributed by atoms with Crippen molar-refractivity contribution in [3.8, 4) is 6.07 Å². The molecule has 0 amide bonds. The maximum atomic E-state index is 10.7. The van der Waals surface area contributed by atoms with Gasteiger partial charge in [0.25, 0.3) is 5.69 Å². The van der Waals surface area contributed by atoms with Gasteiger partial charge in [0.05, 0.1) is 10.6 Å². The van der Waals surface area contributed by atoms with Crippen LogP contribution in [0.4, 0.5) is 11.4 Å². The number of hydrazone groups is 1. The summed E-state index contributed by atoms with van der Waals surface area (Å²) < 4.78 is 0. The molecule has 1 aromatic carbocycles. The average Bonchev–Trinajstić information content (AvgIpc) is 2.56. The molecule has 1 aliphatic heterocycles. The highest BCUT2D eigenvalue weighted by molar-refractivity contribution is 6.46. The van der Waals surface area contributed by atoms with Gasteiger partial charge in [0.2, 0.25) is 5.71 Å². The van der Waals surface area contributed by atoms with Gasteiger partial charge in [-0.25, -0.2) is 0 Å². The maximum absolute atomic E-state index is 10.7. The molecular weight excluding hydrogens is 284 g/mol. The molecule has 22 heavy (non-hydrogen) atoms. The number of benzene rings is 1. The van der Waals surface area contributed by atoms with Crippen LogP contribution in [0.15, 0.2) is 29.4 Å². The number of anilines is 1. The zero-order valence-electron chi connectivity index (χ0n) is 12.0. The number of hydrogen-bond acceptors (Lipinski definition) is 6. The van der Waals surface area contributed by atoms with Crippen LogP contribution in [0.25, 0.3) is 0 Å². The fraction of sp³-hybridized carbons (Fsp3) is 0.357. The first-order chi connectivity index (χ1) is 10.6. The summed E-state index contributed by atoms with van der Waals surface area (Å²) in [6.07, 6.45) is 3.13. The molecule has 0 radical (unpaired) electrons. The summed E-state index contributed by atoms with van der Waals surface area (Å²) in [7, 11) is 0. The fourth-order valence-electron chi connectivity index (χ4n) is 2.21. The van der Waals surface area contributed by atoms with Gasteiger partial charge in [-0.05, 0) is 25.3 Å². The van der Waals surface area contributed by atoms with Gasteiger partial charge in [0.15, 0.2) is 5.84 Å². The van der Waals surface area contributed by atoms with Crippen molar-refractivity contribution in [3.05, 3.63) is 34.4 Å². The van der Waals surface area contributed by atoms with Crippen LogP contribution in [0.5, 0.6) is 0 Å². The second kappa shape index (κ2) is 7.17. The number of nitro groups is 1. The Labute approximate surface area is 127 Å². The van der Waals surface area contributed by atoms with Crippen molar-refractivity contribution in [3.63, 3.8) is 0 Å². The van der Waals surface area contributed by atoms with Gasteiger partial charge in [-0.2, -0.15) is 10.4 Å². The lowest BCUT2D eigenvalue weighted by molar-refractivity contribution is -0.384. The number of nitro benzene ring substituents is 1. The second-order valence-electron chi connectivity index (χ2n) is 4.89. The highest BCUT2D eigenvalue weighted by atomic mass is 16.6. The second-order valence-corrected chi connectivity index (χ2v) is 4.89. The molecule has 0 aromatic heterocycles. The molecule has 1 aliphatic rings. The molecule has 8 heteroatoms. The lowest BCUT2D eigenvalue weighted by Crippen LogP contribution is -2.39. The quantitative estimate of drug-likeness (QED) is 0.383. The molecule has 2 rings (SSSR count). The number of likely N-dealkylation sites (tertiary alicyclic amines) is 1. The first-order valence-electron chi connectivity index (χ1n) is 6.94. The summed E-state index contributed by atoms with van der Waals surface area (Å²) >= 11 is 0. The van der Waals surface area contributed by atoms with Crippen molar-refractivity contribution in [2.24, 2.45) is 5.10 Å². The average molecular weight is 300 g/mol. The lowest BCUT2D eigenvalue weighted by atomic mass is 10.1. The molecule has 1 aromatic rings. The topological polar surface area (TPSA) is 118 Å². The van der Waals surface area contributed by atoms with Gasteiger partial charge in [-0.15, -0.1) is 0 Å². The van der Waals surface area contributed by atoms with Gasteiger partial charge < -0.3 is 4.90 Å². The first kappa shape index (κ1) is 15.4. The number of hydrogen-bond donors (Lipinski definition) is 2. The molecular formula is C14H16N6O2. The smallest absolute Gasteiger partial charge is 0.271 e. The van der Waals surface area contributed by atoms with Crippen molar-refractivity contribution in [1.82, 2.24) is 4.90 Å². The van der Waals surface area contributed by atoms with E-state index < -0.39 is 4.92 Å². The number of amidine groups is 1. The predicted molar refractivity (Wildman–Crippen MR) is 82.9 cm³/mol. The SMILES string of the molecule is N#C/C(=N/Nc1cccc([N+](=O)[O-])c1)C(=N)N1CCCCC1. The van der Waals surface area contributed by atoms with Crippen LogP contribution < -0.4 is 5.43 Å². The Bertz CT molecular complexity index is 643. The number of nitrogens with one attached hydrogen (secondary N) is 2. The van der Waals surface area contributed by atoms with E-state index >= 15 is 0 Å². The summed E-state index contributed by atoms with van der Waals surface area (Å²) in [5, 5.41) is 31.8. The van der Waals surface area contributed by atoms with Gasteiger partial charge in [0, 0.05) is 25.2 Å². The molecule has 0 aliphatic carbocycles. The molecule has 0 bridgehead atoms. The summed E-state index contributed by atoms with van der Waals surface area (Å²) in [4.78, 5) is 12.0. The zero-order valence-corrected chi connectivity index (χ0v) is 12.0. The molecule has 0 unspecified atom stereocenters. The van der Waals surface area contributed by atoms with Crippen LogP contribution in [-0.2, 0) is 0 Å². The van der Waals surface area contributed by atoms with E-state index in [4.69, 9.17) is 10.7 Å². The van der Waals surface area contributed by atoms with E-state index in [1.54, 1.807) is 6.07 Å². The van der Waals surface area contributed by atoms with Crippen LogP contribution in [0, 0.1) is 26.9 Å². The van der Waals surface area contributed by atoms with Crippen LogP contribution in [0.3, 0.4) is 0 Å². The van der Waals surface area contributed by atoms with Crippen molar-refractivity contribution in [1.29, 1.82) is 10.7 Å². The first-order valence-corrected chi connectivity index (χ1v) is 6.94. The Morgan fingerprint density at radius 1 is 1.41 bits per heavy atom. The Morgan fingerprint density at radius 2 is 2.14 bits per heavy atom. The molecule has 114 valence electrons. The van der Waals surface area contributed by atoms with E-state index in [-0.39, 0.29) is 17.2 Å². The van der Waals surface area contributed by atoms with E-state index in [2.05, 4.69) is 10.5 Å². The van der Waals surface area contributed by atoms with E-state index in [0.717, 1.165) is 32.4 Å². The van der Waals surface area contributed by atoms with Gasteiger partial charge >= 0.3 is 0 Å². The van der Waals surface area contributed by atoms with Crippen molar-refractivity contribution in [2.75, 3.05) is 18.5 Å². The van der Waals surface area contributed by atoms with Gasteiger partial charge in [-0.3, -0.25) is 20.9 Å². The number of rotatable bonds is 4. The molecule has 8 nitrogen and oxygen atoms in total. The van der Waals surface area contributed by atoms with E-state index in [1.165, 1.54) is 18.2 Å². The molecule has 1 fully saturated rings. The van der Waals surface area contributed by atoms with Crippen molar-refractivity contribution < 1.29 is 4.92 Å². The third-order valence-electron chi connectivity index (χ3n) is 3.36. The zero-order chi connectivity index (χ0) is 15.9. The summed E-state index contributed by atoms with van der Waals surface area (Å²) in [6, 6.07) is 7.72. The fourth-order valence-corrected chi connectivity index (χ4v) is 2.21. The Kier molecular flexibility index (Phi) is 5.03. The largest absolute Gasteiger partial charge is 0.355 e. The van der Waals surface area contributed by atoms with Crippen molar-refractivity contribution >= 4 is 22.9 Å². The van der Waals surface area contributed by atoms with Gasteiger partial charge in [0.1, 0.15) is 6.07 Å². The van der Waals surface area contributed by atoms with E-state index in [9.17, 15) is 10.1 Å². The minimum Gasteiger partial charge on any atom is -0.355 e. The number of nitrogens with zero attached hydrogens (tertiary/aromatic N) is 4. The van der Waals surface area contributed by atoms with Crippen LogP contribution in [0.2, 0.25) is 0 Å². The monoisotopic (exact) mass is 300 g/mol. The Morgan fingerprint density at radius 3 is 2.77 bits per heavy atom. The minimum absolute atomic E-state index is 0.0339. The molecule has 0 saturated carbocycles. The number of nitriles is 1.